The number of benzene rings is 3. The molecule has 7 nitrogen and oxygen atoms in total. The highest BCUT2D eigenvalue weighted by Gasteiger charge is 2.66. The summed E-state index contributed by atoms with van der Waals surface area (Å²) in [6.45, 7) is 0. The Morgan fingerprint density at radius 1 is 0.795 bits per heavy atom. The van der Waals surface area contributed by atoms with E-state index in [-0.39, 0.29) is 22.5 Å². The van der Waals surface area contributed by atoms with Crippen LogP contribution in [0.2, 0.25) is 0 Å². The number of amides is 1. The molecule has 206 valence electrons. The van der Waals surface area contributed by atoms with Crippen LogP contribution in [0.3, 0.4) is 0 Å². The van der Waals surface area contributed by atoms with Crippen LogP contribution in [-0.4, -0.2) is 30.5 Å². The fraction of sp³-hybridized carbons (Fsp3) is 0.174. The Bertz CT molecular complexity index is 1560. The first kappa shape index (κ1) is 27.5. The van der Waals surface area contributed by atoms with Crippen molar-refractivity contribution in [1.82, 2.24) is 0 Å². The molecule has 0 spiro atoms. The molecule has 0 saturated carbocycles. The molecule has 0 bridgehead atoms. The van der Waals surface area contributed by atoms with Gasteiger partial charge >= 0.3 is 30.5 Å². The number of nitrogens with zero attached hydrogens (tertiary/aromatic N) is 2. The smallest absolute Gasteiger partial charge is 0.453 e. The molecule has 2 N–H and O–H groups in total. The van der Waals surface area contributed by atoms with Crippen molar-refractivity contribution >= 4 is 17.3 Å². The molecule has 5 rings (SSSR count). The summed E-state index contributed by atoms with van der Waals surface area (Å²) < 4.78 is 127. The predicted molar refractivity (Wildman–Crippen MR) is 113 cm³/mol. The zero-order chi connectivity index (χ0) is 28.8. The summed E-state index contributed by atoms with van der Waals surface area (Å²) in [6, 6.07) is 13.3. The molecule has 0 fully saturated rings. The number of fused-ring (bicyclic) bond motifs is 4. The average molecular weight is 565 g/mol. The maximum Gasteiger partial charge on any atom is 0.470 e. The van der Waals surface area contributed by atoms with Gasteiger partial charge in [-0.2, -0.15) is 30.7 Å². The van der Waals surface area contributed by atoms with E-state index in [0.717, 1.165) is 6.07 Å². The number of hydrogen-bond acceptors (Lipinski definition) is 6. The minimum atomic E-state index is -5.99. The molecule has 2 aliphatic heterocycles. The summed E-state index contributed by atoms with van der Waals surface area (Å²) in [4.78, 5) is 17.7. The maximum absolute atomic E-state index is 14.1. The number of hydrogen-bond donors (Lipinski definition) is 1. The Labute approximate surface area is 210 Å². The van der Waals surface area contributed by atoms with Crippen LogP contribution in [0.15, 0.2) is 64.6 Å². The number of halogens is 9. The third-order valence-corrected chi connectivity index (χ3v) is 4.99. The normalized spacial score (nSPS) is 14.7. The topological polar surface area (TPSA) is 95.5 Å². The Morgan fingerprint density at radius 2 is 1.33 bits per heavy atom. The number of alkyl halides is 9. The molecule has 2 heterocycles. The molecular weight excluding hydrogens is 553 g/mol. The van der Waals surface area contributed by atoms with Crippen LogP contribution in [0.4, 0.5) is 50.9 Å². The van der Waals surface area contributed by atoms with Gasteiger partial charge in [-0.3, -0.25) is 4.79 Å². The quantitative estimate of drug-likeness (QED) is 0.284. The van der Waals surface area contributed by atoms with E-state index in [1.54, 1.807) is 24.3 Å². The first-order valence-corrected chi connectivity index (χ1v) is 10.4. The van der Waals surface area contributed by atoms with Gasteiger partial charge in [0, 0.05) is 12.1 Å². The van der Waals surface area contributed by atoms with Crippen molar-refractivity contribution in [1.29, 1.82) is 0 Å². The lowest BCUT2D eigenvalue weighted by Crippen LogP contribution is -2.52. The lowest BCUT2D eigenvalue weighted by atomic mass is 10.2. The third kappa shape index (κ3) is 5.39. The van der Waals surface area contributed by atoms with Crippen LogP contribution in [-0.2, 0) is 4.79 Å². The number of rotatable bonds is 3. The summed E-state index contributed by atoms with van der Waals surface area (Å²) in [5, 5.41) is 0.529. The molecule has 3 aromatic rings. The molecule has 0 aliphatic carbocycles. The fourth-order valence-corrected chi connectivity index (χ4v) is 3.16. The second-order valence-corrected chi connectivity index (χ2v) is 7.69. The number of para-hydroxylation sites is 3. The lowest BCUT2D eigenvalue weighted by Gasteiger charge is -2.28. The van der Waals surface area contributed by atoms with Crippen molar-refractivity contribution in [3.63, 3.8) is 0 Å². The molecule has 1 amide bonds. The number of carbonyl (C=O) groups excluding carboxylic acids is 1. The van der Waals surface area contributed by atoms with E-state index in [9.17, 15) is 39.5 Å². The van der Waals surface area contributed by atoms with E-state index in [1.807, 2.05) is 0 Å². The van der Waals surface area contributed by atoms with E-state index in [2.05, 4.69) is 20.5 Å². The van der Waals surface area contributed by atoms with Gasteiger partial charge in [0.2, 0.25) is 0 Å². The van der Waals surface area contributed by atoms with Crippen LogP contribution in [0.1, 0.15) is 0 Å². The molecule has 3 aromatic carbocycles. The van der Waals surface area contributed by atoms with Crippen LogP contribution < -0.4 is 30.7 Å². The highest BCUT2D eigenvalue weighted by atomic mass is 19.4. The van der Waals surface area contributed by atoms with Gasteiger partial charge in [-0.1, -0.05) is 18.2 Å². The lowest BCUT2D eigenvalue weighted by molar-refractivity contribution is -0.340. The molecule has 1 atom stereocenters. The number of nitrogens with two attached hydrogens (primary N) is 1. The van der Waals surface area contributed by atoms with Crippen LogP contribution in [0.25, 0.3) is 0 Å². The molecule has 0 aromatic heterocycles. The summed E-state index contributed by atoms with van der Waals surface area (Å²) in [5.41, 5.74) is 4.02. The summed E-state index contributed by atoms with van der Waals surface area (Å²) in [5.74, 6) is -7.49. The first-order valence-electron chi connectivity index (χ1n) is 10.4. The second kappa shape index (κ2) is 9.67. The molecule has 0 radical (unpaired) electrons. The SMILES string of the molecule is FC(F)C(F)(Oc1cccc2c1N=c1cc3c(cc1O2)=Nc1ccccc1O3)C(F)(F)F.NC(=O)C(F)(F)F. The summed E-state index contributed by atoms with van der Waals surface area (Å²) in [6.07, 6.45) is -15.3. The highest BCUT2D eigenvalue weighted by Crippen LogP contribution is 2.47. The van der Waals surface area contributed by atoms with E-state index in [4.69, 9.17) is 14.3 Å². The van der Waals surface area contributed by atoms with Crippen molar-refractivity contribution < 1.29 is 58.5 Å². The van der Waals surface area contributed by atoms with Gasteiger partial charge in [0.05, 0.1) is 0 Å². The van der Waals surface area contributed by atoms with Gasteiger partial charge in [0.1, 0.15) is 22.1 Å². The number of ether oxygens (including phenoxy) is 3. The van der Waals surface area contributed by atoms with Gasteiger partial charge in [-0.15, -0.1) is 0 Å². The molecular formula is C23H12F9N3O4. The Balaban J connectivity index is 0.000000448. The van der Waals surface area contributed by atoms with Crippen LogP contribution >= 0.6 is 0 Å². The van der Waals surface area contributed by atoms with Crippen molar-refractivity contribution in [3.05, 3.63) is 65.3 Å². The van der Waals surface area contributed by atoms with Gasteiger partial charge in [-0.25, -0.2) is 18.8 Å². The molecule has 39 heavy (non-hydrogen) atoms. The molecule has 16 heteroatoms. The third-order valence-electron chi connectivity index (χ3n) is 4.99. The van der Waals surface area contributed by atoms with Crippen molar-refractivity contribution in [2.75, 3.05) is 0 Å². The zero-order valence-electron chi connectivity index (χ0n) is 18.8. The molecule has 0 saturated heterocycles. The first-order chi connectivity index (χ1) is 18.1. The summed E-state index contributed by atoms with van der Waals surface area (Å²) in [7, 11) is 0. The van der Waals surface area contributed by atoms with Gasteiger partial charge in [0.25, 0.3) is 0 Å². The van der Waals surface area contributed by atoms with E-state index >= 15 is 0 Å². The largest absolute Gasteiger partial charge is 0.470 e. The Morgan fingerprint density at radius 3 is 1.90 bits per heavy atom. The van der Waals surface area contributed by atoms with Gasteiger partial charge in [-0.05, 0) is 24.3 Å². The predicted octanol–water partition coefficient (Wildman–Crippen LogP) is 5.71. The second-order valence-electron chi connectivity index (χ2n) is 7.69. The van der Waals surface area contributed by atoms with Gasteiger partial charge < -0.3 is 19.9 Å². The molecule has 1 unspecified atom stereocenters. The van der Waals surface area contributed by atoms with E-state index in [0.29, 0.717) is 22.5 Å². The van der Waals surface area contributed by atoms with E-state index < -0.39 is 36.3 Å². The highest BCUT2D eigenvalue weighted by molar-refractivity contribution is 5.79. The average Bonchev–Trinajstić information content (AvgIpc) is 2.84. The monoisotopic (exact) mass is 565 g/mol. The number of carbonyl (C=O) groups is 1. The van der Waals surface area contributed by atoms with Gasteiger partial charge in [0.15, 0.2) is 28.7 Å². The Kier molecular flexibility index (Phi) is 6.82. The standard InChI is InChI=1S/C21H10F6N2O3.C2H2F3NO/c22-19(23)20(24,21(25,26)27)32-15-7-3-6-14-18(15)29-12-9-16-11(8-17(12)31-14)28-10-4-1-2-5-13(10)30-16;3-2(4,5)1(6)7/h1-9,19H;(H2,6,7). The maximum atomic E-state index is 14.1. The van der Waals surface area contributed by atoms with Crippen LogP contribution in [0, 0.1) is 0 Å². The van der Waals surface area contributed by atoms with Crippen molar-refractivity contribution in [2.45, 2.75) is 24.6 Å². The van der Waals surface area contributed by atoms with Crippen molar-refractivity contribution in [3.8, 4) is 28.7 Å². The Hall–Kier alpha value is -4.50. The number of primary amides is 1. The minimum absolute atomic E-state index is 0.106. The molecule has 2 aliphatic rings. The van der Waals surface area contributed by atoms with Crippen LogP contribution in [0.5, 0.6) is 28.7 Å². The fourth-order valence-electron chi connectivity index (χ4n) is 3.16. The summed E-state index contributed by atoms with van der Waals surface area (Å²) >= 11 is 0. The van der Waals surface area contributed by atoms with E-state index in [1.165, 1.54) is 24.3 Å². The minimum Gasteiger partial charge on any atom is -0.453 e. The van der Waals surface area contributed by atoms with Crippen molar-refractivity contribution in [2.24, 2.45) is 15.7 Å². The zero-order valence-corrected chi connectivity index (χ0v) is 18.8.